The van der Waals surface area contributed by atoms with Gasteiger partial charge in [-0.2, -0.15) is 0 Å². The molecule has 0 amide bonds. The van der Waals surface area contributed by atoms with E-state index in [0.717, 1.165) is 15.1 Å². The minimum atomic E-state index is 0.695. The molecule has 0 aliphatic rings. The average molecular weight is 329 g/mol. The van der Waals surface area contributed by atoms with Crippen LogP contribution in [0.2, 0.25) is 5.02 Å². The maximum atomic E-state index is 6.12. The normalized spacial score (nSPS) is 10.5. The van der Waals surface area contributed by atoms with Gasteiger partial charge in [0, 0.05) is 20.8 Å². The van der Waals surface area contributed by atoms with Crippen LogP contribution in [-0.2, 0) is 5.75 Å². The van der Waals surface area contributed by atoms with Crippen LogP contribution in [0.1, 0.15) is 5.56 Å². The Morgan fingerprint density at radius 3 is 2.65 bits per heavy atom. The summed E-state index contributed by atoms with van der Waals surface area (Å²) in [6, 6.07) is 13.8. The van der Waals surface area contributed by atoms with Gasteiger partial charge >= 0.3 is 0 Å². The molecule has 0 spiro atoms. The van der Waals surface area contributed by atoms with Crippen molar-refractivity contribution in [2.24, 2.45) is 0 Å². The largest absolute Gasteiger partial charge is 0.399 e. The Morgan fingerprint density at radius 2 is 1.94 bits per heavy atom. The molecular weight excluding hydrogens is 318 g/mol. The SMILES string of the molecule is Nc1ccc(SCc2ccccc2Br)c(Cl)c1. The van der Waals surface area contributed by atoms with Crippen LogP contribution in [0.4, 0.5) is 5.69 Å². The van der Waals surface area contributed by atoms with Gasteiger partial charge in [0.05, 0.1) is 5.02 Å². The Balaban J connectivity index is 2.10. The quantitative estimate of drug-likeness (QED) is 0.635. The molecule has 0 saturated heterocycles. The average Bonchev–Trinajstić information content (AvgIpc) is 2.30. The second kappa shape index (κ2) is 5.80. The van der Waals surface area contributed by atoms with Crippen LogP contribution in [0.5, 0.6) is 0 Å². The summed E-state index contributed by atoms with van der Waals surface area (Å²) in [6.07, 6.45) is 0. The third kappa shape index (κ3) is 3.41. The van der Waals surface area contributed by atoms with Gasteiger partial charge in [-0.3, -0.25) is 0 Å². The molecule has 0 aliphatic carbocycles. The van der Waals surface area contributed by atoms with E-state index in [1.54, 1.807) is 17.8 Å². The molecule has 0 heterocycles. The Kier molecular flexibility index (Phi) is 4.37. The summed E-state index contributed by atoms with van der Waals surface area (Å²) in [5.41, 5.74) is 7.61. The highest BCUT2D eigenvalue weighted by molar-refractivity contribution is 9.10. The van der Waals surface area contributed by atoms with Crippen LogP contribution >= 0.6 is 39.3 Å². The fraction of sp³-hybridized carbons (Fsp3) is 0.0769. The van der Waals surface area contributed by atoms with E-state index in [4.69, 9.17) is 17.3 Å². The van der Waals surface area contributed by atoms with Gasteiger partial charge in [-0.1, -0.05) is 45.7 Å². The standard InChI is InChI=1S/C13H11BrClNS/c14-11-4-2-1-3-9(11)8-17-13-6-5-10(16)7-12(13)15/h1-7H,8,16H2. The Bertz CT molecular complexity index is 531. The van der Waals surface area contributed by atoms with Gasteiger partial charge in [0.1, 0.15) is 0 Å². The molecule has 17 heavy (non-hydrogen) atoms. The molecule has 0 fully saturated rings. The molecular formula is C13H11BrClNS. The zero-order chi connectivity index (χ0) is 12.3. The van der Waals surface area contributed by atoms with Gasteiger partial charge in [0.15, 0.2) is 0 Å². The van der Waals surface area contributed by atoms with E-state index in [0.29, 0.717) is 10.7 Å². The number of hydrogen-bond donors (Lipinski definition) is 1. The summed E-state index contributed by atoms with van der Waals surface area (Å²) in [6.45, 7) is 0. The van der Waals surface area contributed by atoms with Crippen molar-refractivity contribution in [1.82, 2.24) is 0 Å². The van der Waals surface area contributed by atoms with Crippen molar-refractivity contribution in [2.45, 2.75) is 10.6 Å². The molecule has 0 aromatic heterocycles. The van der Waals surface area contributed by atoms with E-state index in [1.807, 2.05) is 30.3 Å². The first-order valence-electron chi connectivity index (χ1n) is 5.08. The number of halogens is 2. The first kappa shape index (κ1) is 12.8. The van der Waals surface area contributed by atoms with Crippen molar-refractivity contribution in [1.29, 1.82) is 0 Å². The maximum absolute atomic E-state index is 6.12. The van der Waals surface area contributed by atoms with Crippen molar-refractivity contribution in [3.05, 3.63) is 57.5 Å². The fourth-order valence-electron chi connectivity index (χ4n) is 1.41. The molecule has 0 radical (unpaired) electrons. The molecule has 0 bridgehead atoms. The lowest BCUT2D eigenvalue weighted by Crippen LogP contribution is -1.86. The number of thioether (sulfide) groups is 1. The summed E-state index contributed by atoms with van der Waals surface area (Å²) in [7, 11) is 0. The molecule has 0 unspecified atom stereocenters. The van der Waals surface area contributed by atoms with Crippen molar-refractivity contribution in [3.63, 3.8) is 0 Å². The predicted octanol–water partition coefficient (Wildman–Crippen LogP) is 4.98. The number of rotatable bonds is 3. The smallest absolute Gasteiger partial charge is 0.0562 e. The first-order chi connectivity index (χ1) is 8.16. The van der Waals surface area contributed by atoms with Gasteiger partial charge in [-0.15, -0.1) is 11.8 Å². The minimum absolute atomic E-state index is 0.695. The lowest BCUT2D eigenvalue weighted by molar-refractivity contribution is 1.36. The Morgan fingerprint density at radius 1 is 1.18 bits per heavy atom. The van der Waals surface area contributed by atoms with Crippen LogP contribution in [0.15, 0.2) is 51.8 Å². The van der Waals surface area contributed by atoms with Crippen molar-refractivity contribution in [3.8, 4) is 0 Å². The molecule has 1 nitrogen and oxygen atoms in total. The number of anilines is 1. The van der Waals surface area contributed by atoms with E-state index >= 15 is 0 Å². The van der Waals surface area contributed by atoms with Crippen LogP contribution in [0, 0.1) is 0 Å². The summed E-state index contributed by atoms with van der Waals surface area (Å²) < 4.78 is 1.12. The lowest BCUT2D eigenvalue weighted by Gasteiger charge is -2.06. The van der Waals surface area contributed by atoms with E-state index in [1.165, 1.54) is 5.56 Å². The zero-order valence-corrected chi connectivity index (χ0v) is 12.1. The van der Waals surface area contributed by atoms with Crippen molar-refractivity contribution < 1.29 is 0 Å². The Hall–Kier alpha value is -0.640. The number of nitrogens with two attached hydrogens (primary N) is 1. The molecule has 0 atom stereocenters. The van der Waals surface area contributed by atoms with E-state index in [9.17, 15) is 0 Å². The molecule has 4 heteroatoms. The molecule has 2 N–H and O–H groups in total. The minimum Gasteiger partial charge on any atom is -0.399 e. The highest BCUT2D eigenvalue weighted by Crippen LogP contribution is 2.32. The van der Waals surface area contributed by atoms with E-state index in [-0.39, 0.29) is 0 Å². The second-order valence-electron chi connectivity index (χ2n) is 3.57. The van der Waals surface area contributed by atoms with E-state index < -0.39 is 0 Å². The Labute approximate surface area is 118 Å². The van der Waals surface area contributed by atoms with Gasteiger partial charge in [0.25, 0.3) is 0 Å². The molecule has 2 aromatic rings. The topological polar surface area (TPSA) is 26.0 Å². The van der Waals surface area contributed by atoms with Gasteiger partial charge in [-0.25, -0.2) is 0 Å². The third-order valence-corrected chi connectivity index (χ3v) is 4.62. The van der Waals surface area contributed by atoms with Crippen molar-refractivity contribution in [2.75, 3.05) is 5.73 Å². The van der Waals surface area contributed by atoms with Crippen LogP contribution in [0.3, 0.4) is 0 Å². The molecule has 0 aliphatic heterocycles. The summed E-state index contributed by atoms with van der Waals surface area (Å²) in [5, 5.41) is 0.710. The summed E-state index contributed by atoms with van der Waals surface area (Å²) in [4.78, 5) is 1.05. The lowest BCUT2D eigenvalue weighted by atomic mass is 10.2. The molecule has 0 saturated carbocycles. The monoisotopic (exact) mass is 327 g/mol. The van der Waals surface area contributed by atoms with Gasteiger partial charge < -0.3 is 5.73 Å². The van der Waals surface area contributed by atoms with Crippen molar-refractivity contribution >= 4 is 45.0 Å². The van der Waals surface area contributed by atoms with Gasteiger partial charge in [0.2, 0.25) is 0 Å². The van der Waals surface area contributed by atoms with E-state index in [2.05, 4.69) is 22.0 Å². The number of nitrogen functional groups attached to an aromatic ring is 1. The van der Waals surface area contributed by atoms with Crippen LogP contribution in [0.25, 0.3) is 0 Å². The fourth-order valence-corrected chi connectivity index (χ4v) is 3.29. The second-order valence-corrected chi connectivity index (χ2v) is 5.85. The number of benzene rings is 2. The molecule has 2 rings (SSSR count). The predicted molar refractivity (Wildman–Crippen MR) is 79.6 cm³/mol. The highest BCUT2D eigenvalue weighted by atomic mass is 79.9. The third-order valence-electron chi connectivity index (χ3n) is 2.30. The first-order valence-corrected chi connectivity index (χ1v) is 7.23. The summed E-state index contributed by atoms with van der Waals surface area (Å²) >= 11 is 11.4. The molecule has 2 aromatic carbocycles. The van der Waals surface area contributed by atoms with Crippen LogP contribution < -0.4 is 5.73 Å². The van der Waals surface area contributed by atoms with Crippen LogP contribution in [-0.4, -0.2) is 0 Å². The summed E-state index contributed by atoms with van der Waals surface area (Å²) in [5.74, 6) is 0.880. The van der Waals surface area contributed by atoms with Gasteiger partial charge in [-0.05, 0) is 29.8 Å². The maximum Gasteiger partial charge on any atom is 0.0562 e. The zero-order valence-electron chi connectivity index (χ0n) is 8.99. The number of hydrogen-bond acceptors (Lipinski definition) is 2. The highest BCUT2D eigenvalue weighted by Gasteiger charge is 2.04. The molecule has 88 valence electrons.